The van der Waals surface area contributed by atoms with Crippen LogP contribution in [0.2, 0.25) is 0 Å². The molecule has 0 saturated carbocycles. The van der Waals surface area contributed by atoms with E-state index in [-0.39, 0.29) is 0 Å². The Morgan fingerprint density at radius 3 is 2.46 bits per heavy atom. The predicted molar refractivity (Wildman–Crippen MR) is 60.1 cm³/mol. The van der Waals surface area contributed by atoms with Crippen LogP contribution < -0.4 is 0 Å². The first-order valence-electron chi connectivity index (χ1n) is 4.73. The Balaban J connectivity index is 2.22. The summed E-state index contributed by atoms with van der Waals surface area (Å²) in [5, 5.41) is 0. The first-order valence-corrected chi connectivity index (χ1v) is 5.96. The molecule has 0 saturated heterocycles. The number of rotatable bonds is 2. The van der Waals surface area contributed by atoms with Gasteiger partial charge in [-0.2, -0.15) is 0 Å². The number of hydrogen-bond acceptors (Lipinski definition) is 1. The summed E-state index contributed by atoms with van der Waals surface area (Å²) < 4.78 is 0. The molecule has 0 spiro atoms. The van der Waals surface area contributed by atoms with Gasteiger partial charge in [-0.3, -0.25) is 0 Å². The molecule has 1 aliphatic rings. The summed E-state index contributed by atoms with van der Waals surface area (Å²) >= 11 is 1.80. The second kappa shape index (κ2) is 4.01. The van der Waals surface area contributed by atoms with Crippen molar-refractivity contribution < 1.29 is 0 Å². The molecule has 0 radical (unpaired) electrons. The van der Waals surface area contributed by atoms with E-state index in [1.54, 1.807) is 11.8 Å². The molecule has 1 heteroatoms. The highest BCUT2D eigenvalue weighted by molar-refractivity contribution is 7.98. The van der Waals surface area contributed by atoms with Crippen molar-refractivity contribution in [2.24, 2.45) is 0 Å². The Kier molecular flexibility index (Phi) is 2.74. The van der Waals surface area contributed by atoms with Crippen molar-refractivity contribution in [1.29, 1.82) is 0 Å². The number of hydrogen-bond donors (Lipinski definition) is 0. The van der Waals surface area contributed by atoms with Gasteiger partial charge in [0.1, 0.15) is 0 Å². The zero-order valence-electron chi connectivity index (χ0n) is 7.92. The minimum Gasteiger partial charge on any atom is -0.130 e. The second-order valence-corrected chi connectivity index (χ2v) is 4.23. The van der Waals surface area contributed by atoms with Crippen molar-refractivity contribution >= 4 is 17.3 Å². The van der Waals surface area contributed by atoms with E-state index < -0.39 is 0 Å². The molecule has 13 heavy (non-hydrogen) atoms. The molecular weight excluding hydrogens is 176 g/mol. The number of allylic oxidation sites excluding steroid dienone is 2. The highest BCUT2D eigenvalue weighted by Crippen LogP contribution is 2.28. The molecule has 0 heterocycles. The standard InChI is InChI=1S/C12H14S/c1-13-12-8-6-11(7-9-12)10-4-2-3-5-10/h4,6-9H,2-3,5H2,1H3. The summed E-state index contributed by atoms with van der Waals surface area (Å²) in [5.41, 5.74) is 2.95. The van der Waals surface area contributed by atoms with Crippen molar-refractivity contribution in [1.82, 2.24) is 0 Å². The normalized spacial score (nSPS) is 15.9. The molecule has 0 aromatic heterocycles. The first-order chi connectivity index (χ1) is 6.40. The monoisotopic (exact) mass is 190 g/mol. The lowest BCUT2D eigenvalue weighted by Gasteiger charge is -2.02. The van der Waals surface area contributed by atoms with Gasteiger partial charge in [-0.1, -0.05) is 18.2 Å². The van der Waals surface area contributed by atoms with Crippen LogP contribution in [0.5, 0.6) is 0 Å². The molecular formula is C12H14S. The maximum absolute atomic E-state index is 2.37. The summed E-state index contributed by atoms with van der Waals surface area (Å²) in [5.74, 6) is 0. The Bertz CT molecular complexity index is 308. The molecule has 0 amide bonds. The predicted octanol–water partition coefficient (Wildman–Crippen LogP) is 3.98. The van der Waals surface area contributed by atoms with Crippen molar-refractivity contribution in [3.05, 3.63) is 35.9 Å². The van der Waals surface area contributed by atoms with Gasteiger partial charge < -0.3 is 0 Å². The van der Waals surface area contributed by atoms with Crippen LogP contribution in [0.15, 0.2) is 35.2 Å². The molecule has 0 atom stereocenters. The van der Waals surface area contributed by atoms with Crippen LogP contribution in [0.1, 0.15) is 24.8 Å². The van der Waals surface area contributed by atoms with Crippen molar-refractivity contribution in [2.45, 2.75) is 24.2 Å². The number of thioether (sulfide) groups is 1. The van der Waals surface area contributed by atoms with Crippen molar-refractivity contribution in [3.8, 4) is 0 Å². The Hall–Kier alpha value is -0.690. The van der Waals surface area contributed by atoms with Gasteiger partial charge in [-0.05, 0) is 48.8 Å². The Morgan fingerprint density at radius 2 is 1.92 bits per heavy atom. The summed E-state index contributed by atoms with van der Waals surface area (Å²) in [7, 11) is 0. The van der Waals surface area contributed by atoms with Gasteiger partial charge in [-0.15, -0.1) is 11.8 Å². The Labute approximate surface area is 84.0 Å². The molecule has 2 rings (SSSR count). The van der Waals surface area contributed by atoms with Crippen LogP contribution in [-0.2, 0) is 0 Å². The van der Waals surface area contributed by atoms with E-state index in [4.69, 9.17) is 0 Å². The van der Waals surface area contributed by atoms with Gasteiger partial charge in [0.05, 0.1) is 0 Å². The van der Waals surface area contributed by atoms with Crippen LogP contribution >= 0.6 is 11.8 Å². The SMILES string of the molecule is CSc1ccc(C2=CCCC2)cc1. The third-order valence-electron chi connectivity index (χ3n) is 2.50. The molecule has 0 bridgehead atoms. The highest BCUT2D eigenvalue weighted by Gasteiger charge is 2.06. The van der Waals surface area contributed by atoms with Gasteiger partial charge in [0.15, 0.2) is 0 Å². The van der Waals surface area contributed by atoms with E-state index in [2.05, 4.69) is 36.6 Å². The van der Waals surface area contributed by atoms with Crippen molar-refractivity contribution in [3.63, 3.8) is 0 Å². The largest absolute Gasteiger partial charge is 0.130 e. The molecule has 1 aliphatic carbocycles. The maximum atomic E-state index is 2.37. The highest BCUT2D eigenvalue weighted by atomic mass is 32.2. The fraction of sp³-hybridized carbons (Fsp3) is 0.333. The first kappa shape index (κ1) is 8.89. The van der Waals surface area contributed by atoms with E-state index >= 15 is 0 Å². The van der Waals surface area contributed by atoms with E-state index in [0.717, 1.165) is 0 Å². The average molecular weight is 190 g/mol. The third kappa shape index (κ3) is 1.97. The molecule has 0 fully saturated rings. The molecule has 0 N–H and O–H groups in total. The zero-order chi connectivity index (χ0) is 9.10. The molecule has 0 unspecified atom stereocenters. The topological polar surface area (TPSA) is 0 Å². The van der Waals surface area contributed by atoms with Gasteiger partial charge in [-0.25, -0.2) is 0 Å². The lowest BCUT2D eigenvalue weighted by Crippen LogP contribution is -1.79. The number of benzene rings is 1. The van der Waals surface area contributed by atoms with Crippen LogP contribution in [0.4, 0.5) is 0 Å². The maximum Gasteiger partial charge on any atom is 0.00695 e. The smallest absolute Gasteiger partial charge is 0.00695 e. The second-order valence-electron chi connectivity index (χ2n) is 3.35. The Morgan fingerprint density at radius 1 is 1.15 bits per heavy atom. The van der Waals surface area contributed by atoms with Crippen LogP contribution in [-0.4, -0.2) is 6.26 Å². The van der Waals surface area contributed by atoms with Crippen LogP contribution in [0, 0.1) is 0 Å². The van der Waals surface area contributed by atoms with Crippen LogP contribution in [0.25, 0.3) is 5.57 Å². The van der Waals surface area contributed by atoms with Gasteiger partial charge >= 0.3 is 0 Å². The third-order valence-corrected chi connectivity index (χ3v) is 3.25. The zero-order valence-corrected chi connectivity index (χ0v) is 8.73. The minimum absolute atomic E-state index is 1.26. The molecule has 68 valence electrons. The summed E-state index contributed by atoms with van der Waals surface area (Å²) in [6.45, 7) is 0. The molecule has 1 aromatic rings. The molecule has 0 aliphatic heterocycles. The van der Waals surface area contributed by atoms with Gasteiger partial charge in [0.2, 0.25) is 0 Å². The summed E-state index contributed by atoms with van der Waals surface area (Å²) in [4.78, 5) is 1.35. The quantitative estimate of drug-likeness (QED) is 0.636. The van der Waals surface area contributed by atoms with E-state index in [1.807, 2.05) is 0 Å². The lowest BCUT2D eigenvalue weighted by atomic mass is 10.1. The van der Waals surface area contributed by atoms with E-state index in [9.17, 15) is 0 Å². The van der Waals surface area contributed by atoms with Gasteiger partial charge in [0, 0.05) is 4.90 Å². The van der Waals surface area contributed by atoms with Crippen molar-refractivity contribution in [2.75, 3.05) is 6.26 Å². The van der Waals surface area contributed by atoms with Gasteiger partial charge in [0.25, 0.3) is 0 Å². The summed E-state index contributed by atoms with van der Waals surface area (Å²) in [6, 6.07) is 8.89. The van der Waals surface area contributed by atoms with Crippen LogP contribution in [0.3, 0.4) is 0 Å². The molecule has 1 aromatic carbocycles. The average Bonchev–Trinajstić information content (AvgIpc) is 2.71. The minimum atomic E-state index is 1.26. The van der Waals surface area contributed by atoms with E-state index in [0.29, 0.717) is 0 Å². The molecule has 0 nitrogen and oxygen atoms in total. The van der Waals surface area contributed by atoms with E-state index in [1.165, 1.54) is 35.3 Å². The summed E-state index contributed by atoms with van der Waals surface area (Å²) in [6.07, 6.45) is 8.34. The fourth-order valence-corrected chi connectivity index (χ4v) is 2.15. The fourth-order valence-electron chi connectivity index (χ4n) is 1.74. The lowest BCUT2D eigenvalue weighted by molar-refractivity contribution is 0.935.